The van der Waals surface area contributed by atoms with E-state index in [1.807, 2.05) is 30.3 Å². The molecule has 1 fully saturated rings. The number of halogens is 3. The Morgan fingerprint density at radius 2 is 1.43 bits per heavy atom. The smallest absolute Gasteiger partial charge is 0.416 e. The van der Waals surface area contributed by atoms with Gasteiger partial charge in [-0.2, -0.15) is 13.2 Å². The van der Waals surface area contributed by atoms with Crippen LogP contribution in [0.1, 0.15) is 28.3 Å². The number of carbonyl (C=O) groups excluding carboxylic acids is 1. The van der Waals surface area contributed by atoms with Crippen LogP contribution >= 0.6 is 0 Å². The second-order valence-electron chi connectivity index (χ2n) is 9.80. The monoisotopic (exact) mass is 546 g/mol. The number of benzene rings is 4. The Kier molecular flexibility index (Phi) is 8.07. The van der Waals surface area contributed by atoms with E-state index >= 15 is 0 Å². The van der Waals surface area contributed by atoms with Gasteiger partial charge in [-0.15, -0.1) is 0 Å². The van der Waals surface area contributed by atoms with Gasteiger partial charge in [-0.1, -0.05) is 60.2 Å². The van der Waals surface area contributed by atoms with Gasteiger partial charge in [0.15, 0.2) is 0 Å². The van der Waals surface area contributed by atoms with Gasteiger partial charge in [0.1, 0.15) is 17.2 Å². The van der Waals surface area contributed by atoms with Gasteiger partial charge in [0, 0.05) is 26.2 Å². The van der Waals surface area contributed by atoms with E-state index in [4.69, 9.17) is 9.47 Å². The largest absolute Gasteiger partial charge is 0.457 e. The molecule has 1 aliphatic heterocycles. The number of carbonyl (C=O) groups is 1. The lowest BCUT2D eigenvalue weighted by Crippen LogP contribution is -2.51. The molecule has 8 heteroatoms. The topological polar surface area (TPSA) is 42.0 Å². The molecular weight excluding hydrogens is 517 g/mol. The van der Waals surface area contributed by atoms with Crippen LogP contribution in [0.15, 0.2) is 103 Å². The second kappa shape index (κ2) is 11.8. The lowest BCUT2D eigenvalue weighted by Gasteiger charge is -2.41. The first-order chi connectivity index (χ1) is 19.2. The average molecular weight is 547 g/mol. The summed E-state index contributed by atoms with van der Waals surface area (Å²) in [4.78, 5) is 17.3. The molecule has 1 aliphatic rings. The van der Waals surface area contributed by atoms with Gasteiger partial charge in [-0.3, -0.25) is 9.80 Å². The van der Waals surface area contributed by atoms with Crippen LogP contribution in [-0.4, -0.2) is 35.5 Å². The number of alkyl halides is 3. The number of rotatable bonds is 6. The quantitative estimate of drug-likeness (QED) is 0.247. The number of para-hydroxylation sites is 1. The highest BCUT2D eigenvalue weighted by Gasteiger charge is 2.33. The number of piperazine rings is 1. The summed E-state index contributed by atoms with van der Waals surface area (Å²) < 4.78 is 50.0. The zero-order valence-electron chi connectivity index (χ0n) is 22.0. The second-order valence-corrected chi connectivity index (χ2v) is 9.80. The lowest BCUT2D eigenvalue weighted by molar-refractivity contribution is -0.137. The van der Waals surface area contributed by atoms with Crippen LogP contribution in [0, 0.1) is 6.92 Å². The van der Waals surface area contributed by atoms with Gasteiger partial charge in [0.05, 0.1) is 11.6 Å². The fourth-order valence-corrected chi connectivity index (χ4v) is 4.69. The molecule has 1 atom stereocenters. The number of hydrogen-bond acceptors (Lipinski definition) is 4. The van der Waals surface area contributed by atoms with Crippen molar-refractivity contribution in [2.75, 3.05) is 19.6 Å². The summed E-state index contributed by atoms with van der Waals surface area (Å²) in [5.74, 6) is 1.26. The summed E-state index contributed by atoms with van der Waals surface area (Å²) in [7, 11) is 0. The molecule has 40 heavy (non-hydrogen) atoms. The molecule has 0 aliphatic carbocycles. The predicted molar refractivity (Wildman–Crippen MR) is 146 cm³/mol. The molecule has 0 bridgehead atoms. The number of amides is 1. The summed E-state index contributed by atoms with van der Waals surface area (Å²) in [5.41, 5.74) is 2.57. The molecule has 1 unspecified atom stereocenters. The van der Waals surface area contributed by atoms with Gasteiger partial charge in [-0.05, 0) is 66.6 Å². The molecular formula is C32H29F3N2O3. The minimum Gasteiger partial charge on any atom is -0.457 e. The van der Waals surface area contributed by atoms with Crippen LogP contribution < -0.4 is 9.47 Å². The van der Waals surface area contributed by atoms with E-state index in [9.17, 15) is 18.0 Å². The maximum atomic E-state index is 13.2. The van der Waals surface area contributed by atoms with Crippen LogP contribution in [0.2, 0.25) is 0 Å². The molecule has 206 valence electrons. The normalized spacial score (nSPS) is 16.0. The van der Waals surface area contributed by atoms with Gasteiger partial charge in [0.25, 0.3) is 0 Å². The van der Waals surface area contributed by atoms with Crippen molar-refractivity contribution in [3.05, 3.63) is 125 Å². The molecule has 0 saturated carbocycles. The van der Waals surface area contributed by atoms with Crippen molar-refractivity contribution in [1.82, 2.24) is 9.80 Å². The summed E-state index contributed by atoms with van der Waals surface area (Å²) in [6, 6.07) is 29.0. The van der Waals surface area contributed by atoms with Crippen molar-refractivity contribution >= 4 is 6.09 Å². The molecule has 0 spiro atoms. The van der Waals surface area contributed by atoms with E-state index in [-0.39, 0.29) is 6.04 Å². The molecule has 4 aromatic rings. The van der Waals surface area contributed by atoms with Crippen LogP contribution in [-0.2, 0) is 12.7 Å². The van der Waals surface area contributed by atoms with E-state index < -0.39 is 17.8 Å². The molecule has 4 aromatic carbocycles. The molecule has 5 nitrogen and oxygen atoms in total. The highest BCUT2D eigenvalue weighted by molar-refractivity contribution is 5.71. The number of hydrogen-bond donors (Lipinski definition) is 0. The molecule has 0 radical (unpaired) electrons. The number of aryl methyl sites for hydroxylation is 1. The molecule has 0 N–H and O–H groups in total. The van der Waals surface area contributed by atoms with Crippen molar-refractivity contribution in [1.29, 1.82) is 0 Å². The summed E-state index contributed by atoms with van der Waals surface area (Å²) in [6.07, 6.45) is -4.82. The Balaban J connectivity index is 1.33. The van der Waals surface area contributed by atoms with E-state index in [0.717, 1.165) is 24.2 Å². The maximum Gasteiger partial charge on any atom is 0.416 e. The van der Waals surface area contributed by atoms with Crippen molar-refractivity contribution in [3.63, 3.8) is 0 Å². The van der Waals surface area contributed by atoms with Gasteiger partial charge in [0.2, 0.25) is 0 Å². The first-order valence-electron chi connectivity index (χ1n) is 13.0. The van der Waals surface area contributed by atoms with Crippen molar-refractivity contribution in [2.45, 2.75) is 25.7 Å². The first kappa shape index (κ1) is 27.3. The van der Waals surface area contributed by atoms with Crippen LogP contribution in [0.4, 0.5) is 18.0 Å². The van der Waals surface area contributed by atoms with Crippen LogP contribution in [0.3, 0.4) is 0 Å². The Bertz CT molecular complexity index is 1410. The maximum absolute atomic E-state index is 13.2. The standard InChI is InChI=1S/C32H29F3N2O3/c1-23-7-9-24(10-8-23)21-36-19-20-37(31(38)40-27-5-3-2-4-6-27)30(22-36)25-11-15-28(16-12-25)39-29-17-13-26(14-18-29)32(33,34)35/h2-18,30H,19-22H2,1H3. The Hall–Kier alpha value is -4.30. The minimum atomic E-state index is -4.40. The minimum absolute atomic E-state index is 0.268. The molecule has 1 amide bonds. The van der Waals surface area contributed by atoms with Gasteiger partial charge >= 0.3 is 12.3 Å². The molecule has 1 heterocycles. The third-order valence-corrected chi connectivity index (χ3v) is 6.86. The zero-order chi connectivity index (χ0) is 28.1. The Morgan fingerprint density at radius 3 is 2.05 bits per heavy atom. The van der Waals surface area contributed by atoms with Gasteiger partial charge in [-0.25, -0.2) is 4.79 Å². The first-order valence-corrected chi connectivity index (χ1v) is 13.0. The third-order valence-electron chi connectivity index (χ3n) is 6.86. The Morgan fingerprint density at radius 1 is 0.800 bits per heavy atom. The van der Waals surface area contributed by atoms with E-state index in [2.05, 4.69) is 36.1 Å². The highest BCUT2D eigenvalue weighted by atomic mass is 19.4. The Labute approximate surface area is 231 Å². The average Bonchev–Trinajstić information content (AvgIpc) is 2.95. The summed E-state index contributed by atoms with van der Waals surface area (Å²) >= 11 is 0. The van der Waals surface area contributed by atoms with Crippen LogP contribution in [0.25, 0.3) is 0 Å². The van der Waals surface area contributed by atoms with E-state index in [0.29, 0.717) is 36.9 Å². The van der Waals surface area contributed by atoms with Crippen molar-refractivity contribution < 1.29 is 27.4 Å². The van der Waals surface area contributed by atoms with E-state index in [1.165, 1.54) is 23.3 Å². The lowest BCUT2D eigenvalue weighted by atomic mass is 10.0. The SMILES string of the molecule is Cc1ccc(CN2CCN(C(=O)Oc3ccccc3)C(c3ccc(Oc4ccc(C(F)(F)F)cc4)cc3)C2)cc1. The summed E-state index contributed by atoms with van der Waals surface area (Å²) in [6.45, 7) is 4.61. The number of nitrogens with zero attached hydrogens (tertiary/aromatic N) is 2. The fourth-order valence-electron chi connectivity index (χ4n) is 4.69. The van der Waals surface area contributed by atoms with Crippen LogP contribution in [0.5, 0.6) is 17.2 Å². The molecule has 1 saturated heterocycles. The zero-order valence-corrected chi connectivity index (χ0v) is 22.0. The van der Waals surface area contributed by atoms with Crippen molar-refractivity contribution in [2.24, 2.45) is 0 Å². The fraction of sp³-hybridized carbons (Fsp3) is 0.219. The predicted octanol–water partition coefficient (Wildman–Crippen LogP) is 7.86. The third kappa shape index (κ3) is 6.82. The highest BCUT2D eigenvalue weighted by Crippen LogP contribution is 2.33. The molecule has 5 rings (SSSR count). The number of ether oxygens (including phenoxy) is 2. The molecule has 0 aromatic heterocycles. The van der Waals surface area contributed by atoms with Gasteiger partial charge < -0.3 is 9.47 Å². The van der Waals surface area contributed by atoms with Crippen molar-refractivity contribution in [3.8, 4) is 17.2 Å². The summed E-state index contributed by atoms with van der Waals surface area (Å²) in [5, 5.41) is 0. The van der Waals surface area contributed by atoms with E-state index in [1.54, 1.807) is 29.2 Å².